The van der Waals surface area contributed by atoms with E-state index in [0.29, 0.717) is 28.9 Å². The molecular weight excluding hydrogens is 236 g/mol. The summed E-state index contributed by atoms with van der Waals surface area (Å²) in [5.74, 6) is 1.22. The number of rotatable bonds is 6. The van der Waals surface area contributed by atoms with Crippen LogP contribution in [0.15, 0.2) is 18.2 Å². The Labute approximate surface area is 108 Å². The van der Waals surface area contributed by atoms with E-state index in [0.717, 1.165) is 12.8 Å². The van der Waals surface area contributed by atoms with Crippen molar-refractivity contribution in [3.63, 3.8) is 0 Å². The quantitative estimate of drug-likeness (QED) is 0.705. The largest absolute Gasteiger partial charge is 0.492 e. The fraction of sp³-hybridized carbons (Fsp3) is 0.500. The van der Waals surface area contributed by atoms with Gasteiger partial charge >= 0.3 is 0 Å². The molecule has 1 rings (SSSR count). The lowest BCUT2D eigenvalue weighted by Crippen LogP contribution is -2.10. The molecule has 1 aromatic rings. The number of Topliss-reactive ketones (excluding diaryl/α,β-unsaturated/α-hetero) is 1. The molecule has 0 bridgehead atoms. The zero-order chi connectivity index (χ0) is 12.8. The van der Waals surface area contributed by atoms with E-state index < -0.39 is 0 Å². The molecule has 3 heteroatoms. The van der Waals surface area contributed by atoms with Crippen molar-refractivity contribution in [1.82, 2.24) is 0 Å². The molecule has 0 heterocycles. The van der Waals surface area contributed by atoms with Crippen molar-refractivity contribution >= 4 is 17.4 Å². The number of hydrogen-bond acceptors (Lipinski definition) is 2. The van der Waals surface area contributed by atoms with Gasteiger partial charge in [0.15, 0.2) is 5.78 Å². The van der Waals surface area contributed by atoms with Gasteiger partial charge in [-0.25, -0.2) is 0 Å². The number of carbonyl (C=O) groups excluding carboxylic acids is 1. The predicted octanol–water partition coefficient (Wildman–Crippen LogP) is 4.36. The van der Waals surface area contributed by atoms with Crippen LogP contribution in [0.25, 0.3) is 0 Å². The van der Waals surface area contributed by atoms with E-state index in [1.807, 2.05) is 0 Å². The number of benzene rings is 1. The topological polar surface area (TPSA) is 26.3 Å². The highest BCUT2D eigenvalue weighted by molar-refractivity contribution is 6.32. The molecule has 0 spiro atoms. The fourth-order valence-electron chi connectivity index (χ4n) is 1.57. The Morgan fingerprint density at radius 3 is 2.47 bits per heavy atom. The van der Waals surface area contributed by atoms with Gasteiger partial charge in [0.25, 0.3) is 0 Å². The lowest BCUT2D eigenvalue weighted by atomic mass is 10.1. The summed E-state index contributed by atoms with van der Waals surface area (Å²) in [6.45, 7) is 6.50. The molecule has 94 valence electrons. The molecule has 0 saturated carbocycles. The number of ketones is 1. The smallest absolute Gasteiger partial charge is 0.159 e. The van der Waals surface area contributed by atoms with E-state index in [2.05, 4.69) is 13.8 Å². The standard InChI is InChI=1S/C14H19ClO2/c1-4-11(5-2)9-17-14-7-6-12(10(3)16)8-13(14)15/h6-8,11H,4-5,9H2,1-3H3. The van der Waals surface area contributed by atoms with E-state index in [9.17, 15) is 4.79 Å². The third-order valence-electron chi connectivity index (χ3n) is 2.97. The van der Waals surface area contributed by atoms with Gasteiger partial charge in [0.1, 0.15) is 5.75 Å². The van der Waals surface area contributed by atoms with Gasteiger partial charge < -0.3 is 4.74 Å². The lowest BCUT2D eigenvalue weighted by molar-refractivity contribution is 0.101. The monoisotopic (exact) mass is 254 g/mol. The second-order valence-corrected chi connectivity index (χ2v) is 4.60. The van der Waals surface area contributed by atoms with Crippen LogP contribution in [0.2, 0.25) is 5.02 Å². The normalized spacial score (nSPS) is 10.6. The van der Waals surface area contributed by atoms with E-state index in [1.165, 1.54) is 6.92 Å². The zero-order valence-electron chi connectivity index (χ0n) is 10.6. The Kier molecular flexibility index (Phi) is 5.49. The Balaban J connectivity index is 2.69. The van der Waals surface area contributed by atoms with Crippen LogP contribution in [0, 0.1) is 5.92 Å². The van der Waals surface area contributed by atoms with E-state index >= 15 is 0 Å². The van der Waals surface area contributed by atoms with Crippen LogP contribution in [0.4, 0.5) is 0 Å². The third kappa shape index (κ3) is 4.04. The second kappa shape index (κ2) is 6.65. The van der Waals surface area contributed by atoms with Gasteiger partial charge in [-0.3, -0.25) is 4.79 Å². The molecule has 17 heavy (non-hydrogen) atoms. The average molecular weight is 255 g/mol. The molecule has 0 unspecified atom stereocenters. The van der Waals surface area contributed by atoms with Crippen LogP contribution >= 0.6 is 11.6 Å². The van der Waals surface area contributed by atoms with Crippen molar-refractivity contribution < 1.29 is 9.53 Å². The van der Waals surface area contributed by atoms with Crippen molar-refractivity contribution in [2.75, 3.05) is 6.61 Å². The minimum atomic E-state index is 0.0124. The predicted molar refractivity (Wildman–Crippen MR) is 71.0 cm³/mol. The average Bonchev–Trinajstić information content (AvgIpc) is 2.31. The first-order valence-electron chi connectivity index (χ1n) is 6.01. The van der Waals surface area contributed by atoms with Crippen molar-refractivity contribution in [1.29, 1.82) is 0 Å². The molecule has 0 N–H and O–H groups in total. The Morgan fingerprint density at radius 1 is 1.35 bits per heavy atom. The summed E-state index contributed by atoms with van der Waals surface area (Å²) in [5.41, 5.74) is 0.616. The first-order chi connectivity index (χ1) is 8.08. The number of hydrogen-bond donors (Lipinski definition) is 0. The molecule has 0 aromatic heterocycles. The fourth-order valence-corrected chi connectivity index (χ4v) is 1.80. The van der Waals surface area contributed by atoms with Gasteiger partial charge in [-0.2, -0.15) is 0 Å². The van der Waals surface area contributed by atoms with E-state index in [-0.39, 0.29) is 5.78 Å². The lowest BCUT2D eigenvalue weighted by Gasteiger charge is -2.14. The van der Waals surface area contributed by atoms with Gasteiger partial charge in [0.05, 0.1) is 11.6 Å². The highest BCUT2D eigenvalue weighted by atomic mass is 35.5. The summed E-state index contributed by atoms with van der Waals surface area (Å²) in [6, 6.07) is 5.17. The highest BCUT2D eigenvalue weighted by Gasteiger charge is 2.08. The third-order valence-corrected chi connectivity index (χ3v) is 3.26. The van der Waals surface area contributed by atoms with Crippen molar-refractivity contribution in [2.45, 2.75) is 33.6 Å². The first kappa shape index (κ1) is 14.0. The summed E-state index contributed by atoms with van der Waals surface area (Å²) < 4.78 is 5.67. The van der Waals surface area contributed by atoms with Crippen LogP contribution in [0.5, 0.6) is 5.75 Å². The summed E-state index contributed by atoms with van der Waals surface area (Å²) in [7, 11) is 0. The molecule has 0 atom stereocenters. The molecule has 1 aromatic carbocycles. The molecule has 0 amide bonds. The number of carbonyl (C=O) groups is 1. The molecule has 0 aliphatic rings. The molecule has 0 saturated heterocycles. The minimum Gasteiger partial charge on any atom is -0.492 e. The van der Waals surface area contributed by atoms with Crippen LogP contribution in [-0.2, 0) is 0 Å². The van der Waals surface area contributed by atoms with Gasteiger partial charge in [-0.1, -0.05) is 38.3 Å². The number of ether oxygens (including phenoxy) is 1. The van der Waals surface area contributed by atoms with Gasteiger partial charge in [-0.15, -0.1) is 0 Å². The number of halogens is 1. The molecular formula is C14H19ClO2. The molecule has 0 aliphatic carbocycles. The maximum atomic E-state index is 11.2. The van der Waals surface area contributed by atoms with Crippen molar-refractivity contribution in [2.24, 2.45) is 5.92 Å². The van der Waals surface area contributed by atoms with Gasteiger partial charge in [0.2, 0.25) is 0 Å². The Morgan fingerprint density at radius 2 is 2.00 bits per heavy atom. The SMILES string of the molecule is CCC(CC)COc1ccc(C(C)=O)cc1Cl. The Hall–Kier alpha value is -1.02. The van der Waals surface area contributed by atoms with Crippen LogP contribution in [0.3, 0.4) is 0 Å². The van der Waals surface area contributed by atoms with Gasteiger partial charge in [0, 0.05) is 5.56 Å². The first-order valence-corrected chi connectivity index (χ1v) is 6.39. The molecule has 0 fully saturated rings. The van der Waals surface area contributed by atoms with Crippen LogP contribution < -0.4 is 4.74 Å². The van der Waals surface area contributed by atoms with Gasteiger partial charge in [-0.05, 0) is 31.0 Å². The second-order valence-electron chi connectivity index (χ2n) is 4.19. The summed E-state index contributed by atoms with van der Waals surface area (Å²) in [6.07, 6.45) is 2.19. The zero-order valence-corrected chi connectivity index (χ0v) is 11.4. The van der Waals surface area contributed by atoms with E-state index in [1.54, 1.807) is 18.2 Å². The molecule has 2 nitrogen and oxygen atoms in total. The summed E-state index contributed by atoms with van der Waals surface area (Å²) in [5, 5.41) is 0.503. The van der Waals surface area contributed by atoms with E-state index in [4.69, 9.17) is 16.3 Å². The van der Waals surface area contributed by atoms with Crippen molar-refractivity contribution in [3.8, 4) is 5.75 Å². The van der Waals surface area contributed by atoms with Crippen LogP contribution in [-0.4, -0.2) is 12.4 Å². The minimum absolute atomic E-state index is 0.0124. The van der Waals surface area contributed by atoms with Crippen molar-refractivity contribution in [3.05, 3.63) is 28.8 Å². The molecule has 0 aliphatic heterocycles. The summed E-state index contributed by atoms with van der Waals surface area (Å²) in [4.78, 5) is 11.2. The summed E-state index contributed by atoms with van der Waals surface area (Å²) >= 11 is 6.07. The highest BCUT2D eigenvalue weighted by Crippen LogP contribution is 2.26. The Bertz CT molecular complexity index is 384. The maximum absolute atomic E-state index is 11.2. The maximum Gasteiger partial charge on any atom is 0.159 e. The molecule has 0 radical (unpaired) electrons. The van der Waals surface area contributed by atoms with Crippen LogP contribution in [0.1, 0.15) is 44.0 Å².